The molecule has 0 fully saturated rings. The molecule has 0 aliphatic carbocycles. The molecule has 0 bridgehead atoms. The number of methoxy groups -OCH3 is 2. The second-order valence-corrected chi connectivity index (χ2v) is 7.72. The highest BCUT2D eigenvalue weighted by molar-refractivity contribution is 5.77. The van der Waals surface area contributed by atoms with E-state index in [1.807, 2.05) is 22.7 Å². The lowest BCUT2D eigenvalue weighted by atomic mass is 10.0. The zero-order valence-electron chi connectivity index (χ0n) is 17.7. The summed E-state index contributed by atoms with van der Waals surface area (Å²) in [5.41, 5.74) is 5.13. The van der Waals surface area contributed by atoms with Crippen molar-refractivity contribution in [1.82, 2.24) is 14.2 Å². The van der Waals surface area contributed by atoms with Crippen LogP contribution in [0.5, 0.6) is 11.5 Å². The topological polar surface area (TPSA) is 52.7 Å². The maximum Gasteiger partial charge on any atom is 0.161 e. The first-order valence-electron chi connectivity index (χ1n) is 10.5. The Morgan fingerprint density at radius 2 is 1.90 bits per heavy atom. The van der Waals surface area contributed by atoms with Gasteiger partial charge in [-0.1, -0.05) is 18.2 Å². The lowest BCUT2D eigenvalue weighted by Crippen LogP contribution is -2.09. The van der Waals surface area contributed by atoms with Gasteiger partial charge in [-0.25, -0.2) is 8.91 Å². The van der Waals surface area contributed by atoms with E-state index in [0.29, 0.717) is 23.7 Å². The molecule has 0 atom stereocenters. The van der Waals surface area contributed by atoms with Gasteiger partial charge < -0.3 is 19.4 Å². The summed E-state index contributed by atoms with van der Waals surface area (Å²) in [6, 6.07) is 12.7. The lowest BCUT2D eigenvalue weighted by Gasteiger charge is -2.10. The van der Waals surface area contributed by atoms with E-state index >= 15 is 0 Å². The molecule has 0 saturated heterocycles. The summed E-state index contributed by atoms with van der Waals surface area (Å²) >= 11 is 0. The van der Waals surface area contributed by atoms with Gasteiger partial charge in [-0.2, -0.15) is 5.10 Å². The third-order valence-corrected chi connectivity index (χ3v) is 5.92. The molecule has 2 aromatic heterocycles. The van der Waals surface area contributed by atoms with Crippen molar-refractivity contribution in [2.24, 2.45) is 0 Å². The number of halogens is 1. The van der Waals surface area contributed by atoms with Gasteiger partial charge in [0.2, 0.25) is 0 Å². The molecule has 31 heavy (non-hydrogen) atoms. The fourth-order valence-electron chi connectivity index (χ4n) is 4.40. The molecular weight excluding hydrogens is 395 g/mol. The van der Waals surface area contributed by atoms with Gasteiger partial charge in [0.25, 0.3) is 0 Å². The van der Waals surface area contributed by atoms with Crippen LogP contribution in [-0.2, 0) is 19.5 Å². The number of hydrogen-bond acceptors (Lipinski definition) is 4. The monoisotopic (exact) mass is 420 g/mol. The van der Waals surface area contributed by atoms with Crippen LogP contribution < -0.4 is 14.8 Å². The van der Waals surface area contributed by atoms with E-state index in [9.17, 15) is 4.39 Å². The van der Waals surface area contributed by atoms with Gasteiger partial charge in [0.1, 0.15) is 11.5 Å². The van der Waals surface area contributed by atoms with E-state index in [-0.39, 0.29) is 5.82 Å². The molecule has 3 heterocycles. The summed E-state index contributed by atoms with van der Waals surface area (Å²) in [5, 5.41) is 8.02. The molecule has 4 aromatic rings. The Labute approximate surface area is 180 Å². The van der Waals surface area contributed by atoms with Crippen LogP contribution in [0.4, 0.5) is 10.1 Å². The van der Waals surface area contributed by atoms with Crippen molar-refractivity contribution in [1.29, 1.82) is 0 Å². The SMILES string of the molecule is COc1ccc(-c2cn3nc(CNc4ccccc4F)n4c3c2CCCC4)cc1OC. The molecule has 0 saturated carbocycles. The number of anilines is 1. The summed E-state index contributed by atoms with van der Waals surface area (Å²) in [6.07, 6.45) is 5.27. The largest absolute Gasteiger partial charge is 0.493 e. The van der Waals surface area contributed by atoms with Gasteiger partial charge in [-0.05, 0) is 49.1 Å². The highest BCUT2D eigenvalue weighted by atomic mass is 19.1. The summed E-state index contributed by atoms with van der Waals surface area (Å²) in [7, 11) is 3.29. The van der Waals surface area contributed by atoms with Gasteiger partial charge >= 0.3 is 0 Å². The molecule has 0 radical (unpaired) electrons. The van der Waals surface area contributed by atoms with E-state index in [4.69, 9.17) is 14.6 Å². The zero-order chi connectivity index (χ0) is 21.4. The maximum atomic E-state index is 14.0. The van der Waals surface area contributed by atoms with Crippen LogP contribution >= 0.6 is 0 Å². The molecule has 6 nitrogen and oxygen atoms in total. The highest BCUT2D eigenvalue weighted by Gasteiger charge is 2.23. The van der Waals surface area contributed by atoms with Crippen molar-refractivity contribution in [3.05, 3.63) is 65.9 Å². The molecule has 1 N–H and O–H groups in total. The number of aryl methyl sites for hydroxylation is 2. The predicted molar refractivity (Wildman–Crippen MR) is 118 cm³/mol. The van der Waals surface area contributed by atoms with Gasteiger partial charge in [0, 0.05) is 23.9 Å². The van der Waals surface area contributed by atoms with Gasteiger partial charge in [0.05, 0.1) is 26.5 Å². The van der Waals surface area contributed by atoms with Crippen LogP contribution in [0.25, 0.3) is 16.8 Å². The Morgan fingerprint density at radius 1 is 1.06 bits per heavy atom. The van der Waals surface area contributed by atoms with Crippen LogP contribution in [0.3, 0.4) is 0 Å². The number of para-hydroxylation sites is 1. The number of hydrogen-bond donors (Lipinski definition) is 1. The first kappa shape index (κ1) is 19.5. The summed E-state index contributed by atoms with van der Waals surface area (Å²) < 4.78 is 29.1. The fraction of sp³-hybridized carbons (Fsp3) is 0.292. The molecule has 1 aliphatic rings. The predicted octanol–water partition coefficient (Wildman–Crippen LogP) is 4.91. The smallest absolute Gasteiger partial charge is 0.161 e. The van der Waals surface area contributed by atoms with E-state index in [0.717, 1.165) is 48.4 Å². The van der Waals surface area contributed by atoms with Gasteiger partial charge in [-0.15, -0.1) is 0 Å². The third-order valence-electron chi connectivity index (χ3n) is 5.92. The zero-order valence-corrected chi connectivity index (χ0v) is 17.7. The number of rotatable bonds is 6. The molecular formula is C24H25FN4O2. The number of nitrogens with one attached hydrogen (secondary N) is 1. The maximum absolute atomic E-state index is 14.0. The summed E-state index contributed by atoms with van der Waals surface area (Å²) in [6.45, 7) is 1.37. The van der Waals surface area contributed by atoms with Crippen molar-refractivity contribution in [2.75, 3.05) is 19.5 Å². The van der Waals surface area contributed by atoms with Crippen LogP contribution in [0.1, 0.15) is 24.2 Å². The molecule has 0 spiro atoms. The minimum atomic E-state index is -0.256. The average Bonchev–Trinajstić information content (AvgIpc) is 3.21. The van der Waals surface area contributed by atoms with E-state index < -0.39 is 0 Å². The highest BCUT2D eigenvalue weighted by Crippen LogP contribution is 2.37. The first-order chi connectivity index (χ1) is 15.2. The Bertz CT molecular complexity index is 1240. The van der Waals surface area contributed by atoms with Crippen molar-refractivity contribution in [3.63, 3.8) is 0 Å². The molecule has 1 aliphatic heterocycles. The third kappa shape index (κ3) is 3.40. The number of ether oxygens (including phenoxy) is 2. The molecule has 160 valence electrons. The minimum absolute atomic E-state index is 0.256. The number of benzene rings is 2. The van der Waals surface area contributed by atoms with Crippen LogP contribution in [0.15, 0.2) is 48.7 Å². The normalized spacial score (nSPS) is 13.3. The molecule has 5 rings (SSSR count). The van der Waals surface area contributed by atoms with E-state index in [1.54, 1.807) is 26.4 Å². The van der Waals surface area contributed by atoms with Gasteiger partial charge in [-0.3, -0.25) is 0 Å². The minimum Gasteiger partial charge on any atom is -0.493 e. The fourth-order valence-corrected chi connectivity index (χ4v) is 4.40. The van der Waals surface area contributed by atoms with Crippen molar-refractivity contribution < 1.29 is 13.9 Å². The summed E-state index contributed by atoms with van der Waals surface area (Å²) in [4.78, 5) is 0. The first-order valence-corrected chi connectivity index (χ1v) is 10.5. The van der Waals surface area contributed by atoms with Crippen molar-refractivity contribution in [3.8, 4) is 22.6 Å². The standard InChI is InChI=1S/C24H25FN4O2/c1-30-21-11-10-16(13-22(21)31-2)18-15-29-24-17(18)7-5-6-12-28(24)23(27-29)14-26-20-9-4-3-8-19(20)25/h3-4,8-11,13,15,26H,5-7,12,14H2,1-2H3. The van der Waals surface area contributed by atoms with Crippen molar-refractivity contribution >= 4 is 11.3 Å². The van der Waals surface area contributed by atoms with E-state index in [2.05, 4.69) is 22.1 Å². The quantitative estimate of drug-likeness (QED) is 0.482. The molecule has 7 heteroatoms. The molecule has 0 amide bonds. The Morgan fingerprint density at radius 3 is 2.71 bits per heavy atom. The van der Waals surface area contributed by atoms with E-state index in [1.165, 1.54) is 11.6 Å². The Kier molecular flexibility index (Phi) is 5.02. The Balaban J connectivity index is 1.54. The van der Waals surface area contributed by atoms with Gasteiger partial charge in [0.15, 0.2) is 17.3 Å². The molecule has 2 aromatic carbocycles. The Hall–Kier alpha value is -3.48. The van der Waals surface area contributed by atoms with Crippen molar-refractivity contribution in [2.45, 2.75) is 32.4 Å². The lowest BCUT2D eigenvalue weighted by molar-refractivity contribution is 0.355. The number of aromatic nitrogens is 3. The number of nitrogens with zero attached hydrogens (tertiary/aromatic N) is 3. The second-order valence-electron chi connectivity index (χ2n) is 7.72. The molecule has 0 unspecified atom stereocenters. The average molecular weight is 420 g/mol. The van der Waals surface area contributed by atoms with Crippen LogP contribution in [0.2, 0.25) is 0 Å². The summed E-state index contributed by atoms with van der Waals surface area (Å²) in [5.74, 6) is 2.07. The van der Waals surface area contributed by atoms with Crippen LogP contribution in [0, 0.1) is 5.82 Å². The van der Waals surface area contributed by atoms with Crippen LogP contribution in [-0.4, -0.2) is 28.4 Å². The second kappa shape index (κ2) is 7.98.